The number of amides is 1. The van der Waals surface area contributed by atoms with Gasteiger partial charge in [-0.25, -0.2) is 4.79 Å². The molecule has 0 fully saturated rings. The number of carbonyl (C=O) groups is 1. The first-order valence-electron chi connectivity index (χ1n) is 6.15. The Hall–Kier alpha value is -2.14. The van der Waals surface area contributed by atoms with E-state index in [1.54, 1.807) is 6.20 Å². The zero-order valence-corrected chi connectivity index (χ0v) is 10.5. The molecule has 0 saturated carbocycles. The number of alkyl carbamates (subject to hydrolysis) is 1. The van der Waals surface area contributed by atoms with Crippen LogP contribution in [0.3, 0.4) is 0 Å². The van der Waals surface area contributed by atoms with E-state index in [0.29, 0.717) is 13.0 Å². The Labute approximate surface area is 111 Å². The zero-order valence-electron chi connectivity index (χ0n) is 10.5. The number of aliphatic hydroxyl groups excluding tert-OH is 1. The molecule has 1 aromatic carbocycles. The number of aromatic nitrogens is 1. The van der Waals surface area contributed by atoms with E-state index >= 15 is 0 Å². The van der Waals surface area contributed by atoms with Crippen LogP contribution in [0.4, 0.5) is 4.79 Å². The Morgan fingerprint density at radius 2 is 2.16 bits per heavy atom. The summed E-state index contributed by atoms with van der Waals surface area (Å²) in [5.74, 6) is 0. The van der Waals surface area contributed by atoms with Crippen molar-refractivity contribution in [2.45, 2.75) is 6.42 Å². The van der Waals surface area contributed by atoms with E-state index in [1.165, 1.54) is 0 Å². The summed E-state index contributed by atoms with van der Waals surface area (Å²) in [7, 11) is 0. The predicted molar refractivity (Wildman–Crippen MR) is 71.9 cm³/mol. The maximum atomic E-state index is 11.2. The average Bonchev–Trinajstić information content (AvgIpc) is 2.45. The van der Waals surface area contributed by atoms with Crippen LogP contribution in [0.15, 0.2) is 36.5 Å². The Balaban J connectivity index is 1.93. The highest BCUT2D eigenvalue weighted by molar-refractivity contribution is 5.81. The molecule has 1 heterocycles. The van der Waals surface area contributed by atoms with E-state index in [9.17, 15) is 4.79 Å². The molecule has 0 bridgehead atoms. The molecule has 100 valence electrons. The number of fused-ring (bicyclic) bond motifs is 1. The Bertz CT molecular complexity index is 552. The highest BCUT2D eigenvalue weighted by Gasteiger charge is 2.04. The number of carbonyl (C=O) groups excluding carboxylic acids is 1. The molecular formula is C14H16N2O3. The van der Waals surface area contributed by atoms with Gasteiger partial charge >= 0.3 is 6.09 Å². The topological polar surface area (TPSA) is 71.5 Å². The van der Waals surface area contributed by atoms with Gasteiger partial charge in [-0.15, -0.1) is 0 Å². The van der Waals surface area contributed by atoms with Crippen LogP contribution in [-0.4, -0.2) is 35.9 Å². The largest absolute Gasteiger partial charge is 0.447 e. The normalized spacial score (nSPS) is 10.4. The average molecular weight is 260 g/mol. The Morgan fingerprint density at radius 1 is 1.32 bits per heavy atom. The van der Waals surface area contributed by atoms with E-state index in [-0.39, 0.29) is 13.2 Å². The lowest BCUT2D eigenvalue weighted by molar-refractivity contribution is 0.119. The van der Waals surface area contributed by atoms with E-state index in [4.69, 9.17) is 9.84 Å². The van der Waals surface area contributed by atoms with Crippen molar-refractivity contribution in [2.24, 2.45) is 0 Å². The summed E-state index contributed by atoms with van der Waals surface area (Å²) in [5, 5.41) is 12.2. The summed E-state index contributed by atoms with van der Waals surface area (Å²) < 4.78 is 4.70. The predicted octanol–water partition coefficient (Wildman–Crippen LogP) is 1.50. The second-order valence-corrected chi connectivity index (χ2v) is 4.03. The summed E-state index contributed by atoms with van der Waals surface area (Å²) in [5.41, 5.74) is 2.04. The molecule has 2 aromatic rings. The molecule has 0 radical (unpaired) electrons. The van der Waals surface area contributed by atoms with Gasteiger partial charge in [0.2, 0.25) is 0 Å². The van der Waals surface area contributed by atoms with Gasteiger partial charge in [0, 0.05) is 18.1 Å². The number of hydrogen-bond acceptors (Lipinski definition) is 4. The third-order valence-electron chi connectivity index (χ3n) is 2.70. The third-order valence-corrected chi connectivity index (χ3v) is 2.70. The van der Waals surface area contributed by atoms with E-state index in [1.807, 2.05) is 30.3 Å². The number of aliphatic hydroxyl groups is 1. The quantitative estimate of drug-likeness (QED) is 0.854. The first-order chi connectivity index (χ1) is 9.31. The number of nitrogens with one attached hydrogen (secondary N) is 1. The second-order valence-electron chi connectivity index (χ2n) is 4.03. The van der Waals surface area contributed by atoms with Gasteiger partial charge in [0.15, 0.2) is 0 Å². The van der Waals surface area contributed by atoms with Crippen molar-refractivity contribution in [2.75, 3.05) is 19.8 Å². The lowest BCUT2D eigenvalue weighted by Crippen LogP contribution is -2.27. The molecule has 1 amide bonds. The SMILES string of the molecule is O=C(NCCc1cccc2cccnc12)OCCO. The molecule has 0 atom stereocenters. The number of pyridine rings is 1. The number of benzene rings is 1. The fourth-order valence-corrected chi connectivity index (χ4v) is 1.86. The van der Waals surface area contributed by atoms with Gasteiger partial charge in [-0.1, -0.05) is 24.3 Å². The molecule has 0 spiro atoms. The van der Waals surface area contributed by atoms with Crippen LogP contribution in [-0.2, 0) is 11.2 Å². The van der Waals surface area contributed by atoms with Gasteiger partial charge in [-0.05, 0) is 18.1 Å². The van der Waals surface area contributed by atoms with Crippen molar-refractivity contribution >= 4 is 17.0 Å². The summed E-state index contributed by atoms with van der Waals surface area (Å²) in [6.07, 6.45) is 1.93. The molecule has 2 rings (SSSR count). The highest BCUT2D eigenvalue weighted by Crippen LogP contribution is 2.15. The van der Waals surface area contributed by atoms with Crippen LogP contribution < -0.4 is 5.32 Å². The molecule has 0 aliphatic rings. The summed E-state index contributed by atoms with van der Waals surface area (Å²) in [6.45, 7) is 0.322. The molecule has 19 heavy (non-hydrogen) atoms. The number of para-hydroxylation sites is 1. The monoisotopic (exact) mass is 260 g/mol. The second kappa shape index (κ2) is 6.70. The minimum atomic E-state index is -0.512. The van der Waals surface area contributed by atoms with Crippen molar-refractivity contribution in [1.29, 1.82) is 0 Å². The molecule has 0 aliphatic carbocycles. The van der Waals surface area contributed by atoms with Crippen molar-refractivity contribution in [3.63, 3.8) is 0 Å². The van der Waals surface area contributed by atoms with Crippen LogP contribution >= 0.6 is 0 Å². The summed E-state index contributed by atoms with van der Waals surface area (Å²) in [6, 6.07) is 9.89. The molecular weight excluding hydrogens is 244 g/mol. The minimum absolute atomic E-state index is 0.0155. The van der Waals surface area contributed by atoms with Gasteiger partial charge in [0.05, 0.1) is 12.1 Å². The smallest absolute Gasteiger partial charge is 0.407 e. The van der Waals surface area contributed by atoms with Gasteiger partial charge in [0.25, 0.3) is 0 Å². The maximum Gasteiger partial charge on any atom is 0.407 e. The number of ether oxygens (including phenoxy) is 1. The number of rotatable bonds is 5. The first kappa shape index (κ1) is 13.3. The third kappa shape index (κ3) is 3.66. The van der Waals surface area contributed by atoms with Crippen molar-refractivity contribution in [1.82, 2.24) is 10.3 Å². The Morgan fingerprint density at radius 3 is 3.00 bits per heavy atom. The van der Waals surface area contributed by atoms with Crippen molar-refractivity contribution in [3.8, 4) is 0 Å². The Kier molecular flexibility index (Phi) is 4.69. The van der Waals surface area contributed by atoms with Crippen LogP contribution in [0.5, 0.6) is 0 Å². The fraction of sp³-hybridized carbons (Fsp3) is 0.286. The number of hydrogen-bond donors (Lipinski definition) is 2. The molecule has 5 nitrogen and oxygen atoms in total. The van der Waals surface area contributed by atoms with Crippen LogP contribution in [0, 0.1) is 0 Å². The minimum Gasteiger partial charge on any atom is -0.447 e. The van der Waals surface area contributed by atoms with E-state index < -0.39 is 6.09 Å². The number of nitrogens with zero attached hydrogens (tertiary/aromatic N) is 1. The van der Waals surface area contributed by atoms with Crippen LogP contribution in [0.1, 0.15) is 5.56 Å². The molecule has 1 aromatic heterocycles. The van der Waals surface area contributed by atoms with Crippen LogP contribution in [0.2, 0.25) is 0 Å². The summed E-state index contributed by atoms with van der Waals surface area (Å²) >= 11 is 0. The fourth-order valence-electron chi connectivity index (χ4n) is 1.86. The first-order valence-corrected chi connectivity index (χ1v) is 6.15. The summed E-state index contributed by atoms with van der Waals surface area (Å²) in [4.78, 5) is 15.5. The highest BCUT2D eigenvalue weighted by atomic mass is 16.6. The van der Waals surface area contributed by atoms with Gasteiger partial charge in [-0.3, -0.25) is 4.98 Å². The maximum absolute atomic E-state index is 11.2. The standard InChI is InChI=1S/C14H16N2O3/c17-9-10-19-14(18)16-8-6-12-4-1-3-11-5-2-7-15-13(11)12/h1-5,7,17H,6,8-10H2,(H,16,18). The molecule has 0 aliphatic heterocycles. The molecule has 2 N–H and O–H groups in total. The van der Waals surface area contributed by atoms with Gasteiger partial charge in [-0.2, -0.15) is 0 Å². The zero-order chi connectivity index (χ0) is 13.5. The molecule has 0 unspecified atom stereocenters. The van der Waals surface area contributed by atoms with E-state index in [2.05, 4.69) is 10.3 Å². The van der Waals surface area contributed by atoms with Gasteiger partial charge < -0.3 is 15.2 Å². The van der Waals surface area contributed by atoms with Crippen molar-refractivity contribution < 1.29 is 14.6 Å². The van der Waals surface area contributed by atoms with Crippen molar-refractivity contribution in [3.05, 3.63) is 42.1 Å². The lowest BCUT2D eigenvalue weighted by Gasteiger charge is -2.07. The molecule has 5 heteroatoms. The van der Waals surface area contributed by atoms with E-state index in [0.717, 1.165) is 16.5 Å². The lowest BCUT2D eigenvalue weighted by atomic mass is 10.1. The van der Waals surface area contributed by atoms with Gasteiger partial charge in [0.1, 0.15) is 6.61 Å². The van der Waals surface area contributed by atoms with Crippen LogP contribution in [0.25, 0.3) is 10.9 Å². The molecule has 0 saturated heterocycles.